The van der Waals surface area contributed by atoms with Crippen molar-refractivity contribution in [3.05, 3.63) is 54.2 Å². The van der Waals surface area contributed by atoms with E-state index in [-0.39, 0.29) is 5.52 Å². The number of benzene rings is 2. The highest BCUT2D eigenvalue weighted by molar-refractivity contribution is 5.99. The zero-order chi connectivity index (χ0) is 15.1. The van der Waals surface area contributed by atoms with E-state index >= 15 is 0 Å². The number of nitrogens with one attached hydrogen (secondary N) is 1. The van der Waals surface area contributed by atoms with E-state index in [0.717, 1.165) is 10.9 Å². The highest BCUT2D eigenvalue weighted by Crippen LogP contribution is 2.32. The molecule has 0 amide bonds. The molecule has 0 aliphatic carbocycles. The molecular weight excluding hydrogens is 279 g/mol. The third-order valence-corrected chi connectivity index (χ3v) is 3.61. The Morgan fingerprint density at radius 3 is 2.95 bits per heavy atom. The Morgan fingerprint density at radius 1 is 1.18 bits per heavy atom. The molecule has 0 spiro atoms. The number of halogens is 1. The van der Waals surface area contributed by atoms with Crippen molar-refractivity contribution in [3.63, 3.8) is 0 Å². The predicted octanol–water partition coefficient (Wildman–Crippen LogP) is 3.29. The van der Waals surface area contributed by atoms with Crippen LogP contribution in [0.2, 0.25) is 0 Å². The molecule has 104 valence electrons. The molecule has 0 aliphatic rings. The molecule has 0 saturated heterocycles. The van der Waals surface area contributed by atoms with Gasteiger partial charge in [-0.2, -0.15) is 5.10 Å². The highest BCUT2D eigenvalue weighted by Gasteiger charge is 2.17. The lowest BCUT2D eigenvalue weighted by molar-refractivity contribution is 0.639. The summed E-state index contributed by atoms with van der Waals surface area (Å²) in [5.74, 6) is 2.18. The summed E-state index contributed by atoms with van der Waals surface area (Å²) in [6, 6.07) is 8.94. The third-order valence-electron chi connectivity index (χ3n) is 3.61. The summed E-state index contributed by atoms with van der Waals surface area (Å²) >= 11 is 0. The van der Waals surface area contributed by atoms with Crippen LogP contribution in [0.15, 0.2) is 42.9 Å². The molecule has 5 heteroatoms. The summed E-state index contributed by atoms with van der Waals surface area (Å²) in [5.41, 5.74) is 2.56. The van der Waals surface area contributed by atoms with Crippen LogP contribution in [0.3, 0.4) is 0 Å². The molecule has 1 N–H and O–H groups in total. The maximum Gasteiger partial charge on any atom is 0.159 e. The number of hydrogen-bond acceptors (Lipinski definition) is 3. The summed E-state index contributed by atoms with van der Waals surface area (Å²) in [4.78, 5) is 7.91. The molecule has 0 bridgehead atoms. The van der Waals surface area contributed by atoms with Crippen LogP contribution < -0.4 is 0 Å². The lowest BCUT2D eigenvalue weighted by Gasteiger charge is -2.04. The van der Waals surface area contributed by atoms with Crippen LogP contribution in [0.1, 0.15) is 5.56 Å². The van der Waals surface area contributed by atoms with Gasteiger partial charge in [0.05, 0.1) is 5.52 Å². The van der Waals surface area contributed by atoms with Gasteiger partial charge in [0.15, 0.2) is 5.82 Å². The first kappa shape index (κ1) is 12.5. The first-order chi connectivity index (χ1) is 10.8. The lowest BCUT2D eigenvalue weighted by atomic mass is 10.0. The minimum atomic E-state index is -0.430. The largest absolute Gasteiger partial charge is 0.277 e. The van der Waals surface area contributed by atoms with E-state index in [1.807, 2.05) is 18.2 Å². The molecule has 0 aliphatic heterocycles. The maximum atomic E-state index is 14.8. The summed E-state index contributed by atoms with van der Waals surface area (Å²) in [5, 5.41) is 8.50. The first-order valence-corrected chi connectivity index (χ1v) is 6.62. The highest BCUT2D eigenvalue weighted by atomic mass is 19.1. The zero-order valence-electron chi connectivity index (χ0n) is 11.3. The third kappa shape index (κ3) is 1.68. The van der Waals surface area contributed by atoms with E-state index in [4.69, 9.17) is 6.42 Å². The number of fused-ring (bicyclic) bond motifs is 2. The molecule has 4 rings (SSSR count). The zero-order valence-corrected chi connectivity index (χ0v) is 11.3. The number of nitrogens with zero attached hydrogens (tertiary/aromatic N) is 3. The fourth-order valence-corrected chi connectivity index (χ4v) is 2.59. The number of aromatic amines is 1. The Morgan fingerprint density at radius 2 is 2.09 bits per heavy atom. The van der Waals surface area contributed by atoms with E-state index < -0.39 is 5.82 Å². The van der Waals surface area contributed by atoms with Crippen LogP contribution in [0, 0.1) is 18.2 Å². The van der Waals surface area contributed by atoms with Crippen LogP contribution in [-0.2, 0) is 0 Å². The average molecular weight is 288 g/mol. The fourth-order valence-electron chi connectivity index (χ4n) is 2.59. The minimum Gasteiger partial charge on any atom is -0.277 e. The summed E-state index contributed by atoms with van der Waals surface area (Å²) in [6.45, 7) is 0. The van der Waals surface area contributed by atoms with Crippen molar-refractivity contribution in [2.75, 3.05) is 0 Å². The van der Waals surface area contributed by atoms with Gasteiger partial charge in [-0.05, 0) is 18.2 Å². The van der Waals surface area contributed by atoms with Gasteiger partial charge >= 0.3 is 0 Å². The summed E-state index contributed by atoms with van der Waals surface area (Å²) in [6.07, 6.45) is 8.44. The standard InChI is InChI=1S/C17H9FN4/c1-2-10-4-3-5-13-14(10)17(22-21-13)12-7-6-11-8-19-9-20-16(11)15(12)18/h1,3-9H,(H,21,22). The Balaban J connectivity index is 2.08. The van der Waals surface area contributed by atoms with Crippen molar-refractivity contribution >= 4 is 21.8 Å². The van der Waals surface area contributed by atoms with Crippen molar-refractivity contribution in [2.24, 2.45) is 0 Å². The Labute approximate surface area is 125 Å². The van der Waals surface area contributed by atoms with Gasteiger partial charge in [0, 0.05) is 28.1 Å². The van der Waals surface area contributed by atoms with Gasteiger partial charge < -0.3 is 0 Å². The van der Waals surface area contributed by atoms with Crippen LogP contribution in [0.4, 0.5) is 4.39 Å². The first-order valence-electron chi connectivity index (χ1n) is 6.62. The van der Waals surface area contributed by atoms with Gasteiger partial charge in [-0.1, -0.05) is 18.1 Å². The molecule has 22 heavy (non-hydrogen) atoms. The van der Waals surface area contributed by atoms with Crippen molar-refractivity contribution in [3.8, 4) is 23.6 Å². The summed E-state index contributed by atoms with van der Waals surface area (Å²) in [7, 11) is 0. The average Bonchev–Trinajstić information content (AvgIpc) is 2.99. The van der Waals surface area contributed by atoms with Gasteiger partial charge in [-0.3, -0.25) is 5.10 Å². The van der Waals surface area contributed by atoms with Crippen LogP contribution in [0.25, 0.3) is 33.1 Å². The number of terminal acetylenes is 1. The van der Waals surface area contributed by atoms with E-state index in [9.17, 15) is 4.39 Å². The van der Waals surface area contributed by atoms with Crippen molar-refractivity contribution in [1.29, 1.82) is 0 Å². The lowest BCUT2D eigenvalue weighted by Crippen LogP contribution is -1.91. The maximum absolute atomic E-state index is 14.8. The Hall–Kier alpha value is -3.26. The van der Waals surface area contributed by atoms with E-state index in [1.54, 1.807) is 18.3 Å². The molecule has 2 aromatic heterocycles. The second-order valence-electron chi connectivity index (χ2n) is 4.83. The SMILES string of the molecule is C#Cc1cccc2[nH]nc(-c3ccc4cncnc4c3F)c12. The molecular formula is C17H9FN4. The molecule has 0 radical (unpaired) electrons. The second-order valence-corrected chi connectivity index (χ2v) is 4.83. The van der Waals surface area contributed by atoms with E-state index in [2.05, 4.69) is 26.1 Å². The number of H-pyrrole nitrogens is 1. The number of hydrogen-bond donors (Lipinski definition) is 1. The molecule has 0 saturated carbocycles. The van der Waals surface area contributed by atoms with Crippen molar-refractivity contribution in [2.45, 2.75) is 0 Å². The van der Waals surface area contributed by atoms with Gasteiger partial charge in [0.25, 0.3) is 0 Å². The molecule has 4 nitrogen and oxygen atoms in total. The second kappa shape index (κ2) is 4.64. The van der Waals surface area contributed by atoms with Crippen LogP contribution in [-0.4, -0.2) is 20.2 Å². The van der Waals surface area contributed by atoms with Gasteiger partial charge in [-0.15, -0.1) is 6.42 Å². The van der Waals surface area contributed by atoms with Crippen molar-refractivity contribution < 1.29 is 4.39 Å². The van der Waals surface area contributed by atoms with Crippen molar-refractivity contribution in [1.82, 2.24) is 20.2 Å². The molecule has 0 fully saturated rings. The molecule has 2 heterocycles. The van der Waals surface area contributed by atoms with Gasteiger partial charge in [-0.25, -0.2) is 14.4 Å². The Bertz CT molecular complexity index is 1060. The van der Waals surface area contributed by atoms with Crippen LogP contribution in [0.5, 0.6) is 0 Å². The smallest absolute Gasteiger partial charge is 0.159 e. The number of rotatable bonds is 1. The van der Waals surface area contributed by atoms with Crippen LogP contribution >= 0.6 is 0 Å². The monoisotopic (exact) mass is 288 g/mol. The van der Waals surface area contributed by atoms with E-state index in [0.29, 0.717) is 22.2 Å². The Kier molecular flexibility index (Phi) is 2.63. The number of aromatic nitrogens is 4. The molecule has 2 aromatic carbocycles. The normalized spacial score (nSPS) is 10.9. The summed E-state index contributed by atoms with van der Waals surface area (Å²) < 4.78 is 14.8. The molecule has 0 atom stereocenters. The fraction of sp³-hybridized carbons (Fsp3) is 0. The quantitative estimate of drug-likeness (QED) is 0.547. The molecule has 0 unspecified atom stereocenters. The van der Waals surface area contributed by atoms with Gasteiger partial charge in [0.2, 0.25) is 0 Å². The molecule has 4 aromatic rings. The van der Waals surface area contributed by atoms with Gasteiger partial charge in [0.1, 0.15) is 17.5 Å². The predicted molar refractivity (Wildman–Crippen MR) is 82.5 cm³/mol. The van der Waals surface area contributed by atoms with E-state index in [1.165, 1.54) is 6.33 Å². The minimum absolute atomic E-state index is 0.266. The topological polar surface area (TPSA) is 54.5 Å².